The quantitative estimate of drug-likeness (QED) is 0.562. The van der Waals surface area contributed by atoms with Crippen molar-refractivity contribution in [1.29, 1.82) is 0 Å². The van der Waals surface area contributed by atoms with E-state index in [-0.39, 0.29) is 0 Å². The number of rotatable bonds is 9. The summed E-state index contributed by atoms with van der Waals surface area (Å²) in [7, 11) is 0. The van der Waals surface area contributed by atoms with Crippen LogP contribution in [0.3, 0.4) is 0 Å². The summed E-state index contributed by atoms with van der Waals surface area (Å²) in [4.78, 5) is 0. The first-order valence-corrected chi connectivity index (χ1v) is 6.21. The van der Waals surface area contributed by atoms with E-state index < -0.39 is 0 Å². The van der Waals surface area contributed by atoms with Crippen LogP contribution in [0.2, 0.25) is 0 Å². The standard InChI is InChI=1S/C12H28N2/c1-3-5-6-8-12(14)10-7-9-11(13)4-2/h11-12H,3-10,13-14H2,1-2H3. The highest BCUT2D eigenvalue weighted by Gasteiger charge is 2.04. The average Bonchev–Trinajstić information content (AvgIpc) is 2.18. The van der Waals surface area contributed by atoms with Crippen LogP contribution in [0.4, 0.5) is 0 Å². The van der Waals surface area contributed by atoms with Gasteiger partial charge in [0.1, 0.15) is 0 Å². The van der Waals surface area contributed by atoms with Crippen molar-refractivity contribution < 1.29 is 0 Å². The third-order valence-electron chi connectivity index (χ3n) is 2.85. The van der Waals surface area contributed by atoms with Gasteiger partial charge in [-0.1, -0.05) is 39.5 Å². The summed E-state index contributed by atoms with van der Waals surface area (Å²) in [5, 5.41) is 0. The van der Waals surface area contributed by atoms with Crippen LogP contribution < -0.4 is 11.5 Å². The van der Waals surface area contributed by atoms with Crippen LogP contribution in [0.1, 0.15) is 65.2 Å². The molecule has 2 nitrogen and oxygen atoms in total. The maximum Gasteiger partial charge on any atom is 0.00388 e. The van der Waals surface area contributed by atoms with Gasteiger partial charge < -0.3 is 11.5 Å². The molecule has 0 aliphatic heterocycles. The SMILES string of the molecule is CCCCCC(N)CCCC(N)CC. The molecule has 0 aromatic heterocycles. The fraction of sp³-hybridized carbons (Fsp3) is 1.00. The van der Waals surface area contributed by atoms with Crippen LogP contribution in [-0.2, 0) is 0 Å². The minimum atomic E-state index is 0.387. The molecule has 0 rings (SSSR count). The van der Waals surface area contributed by atoms with Crippen LogP contribution in [0.5, 0.6) is 0 Å². The first kappa shape index (κ1) is 13.9. The third-order valence-corrected chi connectivity index (χ3v) is 2.85. The lowest BCUT2D eigenvalue weighted by molar-refractivity contribution is 0.477. The predicted octanol–water partition coefficient (Wildman–Crippen LogP) is 2.80. The molecule has 14 heavy (non-hydrogen) atoms. The van der Waals surface area contributed by atoms with E-state index in [1.54, 1.807) is 0 Å². The molecule has 0 bridgehead atoms. The molecule has 0 heterocycles. The Morgan fingerprint density at radius 1 is 0.786 bits per heavy atom. The van der Waals surface area contributed by atoms with Crippen molar-refractivity contribution in [3.8, 4) is 0 Å². The second-order valence-corrected chi connectivity index (χ2v) is 4.36. The van der Waals surface area contributed by atoms with E-state index in [4.69, 9.17) is 11.5 Å². The Morgan fingerprint density at radius 2 is 1.36 bits per heavy atom. The van der Waals surface area contributed by atoms with Crippen LogP contribution >= 0.6 is 0 Å². The summed E-state index contributed by atoms with van der Waals surface area (Å²) in [6.45, 7) is 4.37. The largest absolute Gasteiger partial charge is 0.328 e. The van der Waals surface area contributed by atoms with Gasteiger partial charge in [0.15, 0.2) is 0 Å². The van der Waals surface area contributed by atoms with Crippen molar-refractivity contribution >= 4 is 0 Å². The van der Waals surface area contributed by atoms with Crippen molar-refractivity contribution in [2.75, 3.05) is 0 Å². The molecule has 2 atom stereocenters. The third kappa shape index (κ3) is 8.52. The summed E-state index contributed by atoms with van der Waals surface area (Å²) in [6.07, 6.45) is 9.66. The number of hydrogen-bond acceptors (Lipinski definition) is 2. The smallest absolute Gasteiger partial charge is 0.00388 e. The molecule has 2 unspecified atom stereocenters. The number of unbranched alkanes of at least 4 members (excludes halogenated alkanes) is 2. The lowest BCUT2D eigenvalue weighted by Crippen LogP contribution is -2.22. The molecule has 2 heteroatoms. The molecule has 0 fully saturated rings. The normalized spacial score (nSPS) is 15.4. The minimum Gasteiger partial charge on any atom is -0.328 e. The highest BCUT2D eigenvalue weighted by atomic mass is 14.6. The van der Waals surface area contributed by atoms with Gasteiger partial charge >= 0.3 is 0 Å². The second kappa shape index (κ2) is 9.47. The molecule has 0 aliphatic rings. The molecular weight excluding hydrogens is 172 g/mol. The van der Waals surface area contributed by atoms with Crippen molar-refractivity contribution in [2.24, 2.45) is 11.5 Å². The van der Waals surface area contributed by atoms with E-state index in [1.807, 2.05) is 0 Å². The van der Waals surface area contributed by atoms with Crippen molar-refractivity contribution in [3.63, 3.8) is 0 Å². The molecule has 0 aliphatic carbocycles. The van der Waals surface area contributed by atoms with E-state index in [0.717, 1.165) is 19.3 Å². The second-order valence-electron chi connectivity index (χ2n) is 4.36. The molecule has 0 saturated carbocycles. The maximum absolute atomic E-state index is 6.00. The lowest BCUT2D eigenvalue weighted by atomic mass is 10.0. The molecule has 0 radical (unpaired) electrons. The Bertz CT molecular complexity index is 115. The van der Waals surface area contributed by atoms with E-state index in [2.05, 4.69) is 13.8 Å². The molecular formula is C12H28N2. The van der Waals surface area contributed by atoms with Gasteiger partial charge in [0.25, 0.3) is 0 Å². The van der Waals surface area contributed by atoms with Gasteiger partial charge in [0, 0.05) is 12.1 Å². The zero-order valence-corrected chi connectivity index (χ0v) is 9.97. The van der Waals surface area contributed by atoms with E-state index in [1.165, 1.54) is 32.1 Å². The summed E-state index contributed by atoms with van der Waals surface area (Å²) in [5.74, 6) is 0. The van der Waals surface area contributed by atoms with Gasteiger partial charge in [0.05, 0.1) is 0 Å². The molecule has 0 saturated heterocycles. The number of nitrogens with two attached hydrogens (primary N) is 2. The van der Waals surface area contributed by atoms with Gasteiger partial charge in [-0.2, -0.15) is 0 Å². The van der Waals surface area contributed by atoms with Crippen molar-refractivity contribution in [2.45, 2.75) is 77.3 Å². The van der Waals surface area contributed by atoms with Gasteiger partial charge in [0.2, 0.25) is 0 Å². The van der Waals surface area contributed by atoms with Gasteiger partial charge in [-0.3, -0.25) is 0 Å². The number of hydrogen-bond donors (Lipinski definition) is 2. The molecule has 86 valence electrons. The van der Waals surface area contributed by atoms with Gasteiger partial charge in [-0.25, -0.2) is 0 Å². The average molecular weight is 200 g/mol. The van der Waals surface area contributed by atoms with E-state index in [9.17, 15) is 0 Å². The molecule has 0 aromatic carbocycles. The Balaban J connectivity index is 3.21. The van der Waals surface area contributed by atoms with E-state index in [0.29, 0.717) is 12.1 Å². The van der Waals surface area contributed by atoms with Gasteiger partial charge in [-0.15, -0.1) is 0 Å². The summed E-state index contributed by atoms with van der Waals surface area (Å²) in [5.41, 5.74) is 11.8. The van der Waals surface area contributed by atoms with E-state index >= 15 is 0 Å². The highest BCUT2D eigenvalue weighted by Crippen LogP contribution is 2.09. The maximum atomic E-state index is 6.00. The Kier molecular flexibility index (Phi) is 9.42. The Hall–Kier alpha value is -0.0800. The summed E-state index contributed by atoms with van der Waals surface area (Å²) >= 11 is 0. The predicted molar refractivity (Wildman–Crippen MR) is 64.2 cm³/mol. The topological polar surface area (TPSA) is 52.0 Å². The molecule has 4 N–H and O–H groups in total. The molecule has 0 spiro atoms. The molecule has 0 aromatic rings. The fourth-order valence-electron chi connectivity index (χ4n) is 1.65. The van der Waals surface area contributed by atoms with Crippen LogP contribution in [0, 0.1) is 0 Å². The highest BCUT2D eigenvalue weighted by molar-refractivity contribution is 4.64. The lowest BCUT2D eigenvalue weighted by Gasteiger charge is -2.13. The molecule has 0 amide bonds. The first-order chi connectivity index (χ1) is 6.70. The van der Waals surface area contributed by atoms with Crippen LogP contribution in [0.25, 0.3) is 0 Å². The summed E-state index contributed by atoms with van der Waals surface area (Å²) in [6, 6.07) is 0.795. The van der Waals surface area contributed by atoms with Crippen molar-refractivity contribution in [3.05, 3.63) is 0 Å². The van der Waals surface area contributed by atoms with Crippen LogP contribution in [-0.4, -0.2) is 12.1 Å². The Labute approximate surface area is 89.4 Å². The first-order valence-electron chi connectivity index (χ1n) is 6.21. The van der Waals surface area contributed by atoms with Crippen LogP contribution in [0.15, 0.2) is 0 Å². The van der Waals surface area contributed by atoms with Crippen molar-refractivity contribution in [1.82, 2.24) is 0 Å². The van der Waals surface area contributed by atoms with Gasteiger partial charge in [-0.05, 0) is 25.7 Å². The fourth-order valence-corrected chi connectivity index (χ4v) is 1.65. The zero-order chi connectivity index (χ0) is 10.8. The minimum absolute atomic E-state index is 0.387. The zero-order valence-electron chi connectivity index (χ0n) is 9.97. The monoisotopic (exact) mass is 200 g/mol. The Morgan fingerprint density at radius 3 is 1.93 bits per heavy atom. The summed E-state index contributed by atoms with van der Waals surface area (Å²) < 4.78 is 0.